The number of alkyl halides is 3. The monoisotopic (exact) mass is 448 g/mol. The van der Waals surface area contributed by atoms with E-state index in [1.54, 1.807) is 0 Å². The molecule has 0 saturated heterocycles. The summed E-state index contributed by atoms with van der Waals surface area (Å²) in [4.78, 5) is 13.9. The fraction of sp³-hybridized carbons (Fsp3) is 0.667. The van der Waals surface area contributed by atoms with Crippen LogP contribution in [-0.2, 0) is 20.8 Å². The molecule has 0 radical (unpaired) electrons. The van der Waals surface area contributed by atoms with E-state index in [-0.39, 0.29) is 40.6 Å². The van der Waals surface area contributed by atoms with Crippen LogP contribution in [-0.4, -0.2) is 50.2 Å². The van der Waals surface area contributed by atoms with E-state index in [0.29, 0.717) is 31.7 Å². The lowest BCUT2D eigenvalue weighted by Gasteiger charge is -2.33. The third kappa shape index (κ3) is 6.97. The second-order valence-electron chi connectivity index (χ2n) is 9.12. The summed E-state index contributed by atoms with van der Waals surface area (Å²) in [7, 11) is -1.93. The molecule has 0 heterocycles. The number of carbonyl (C=O) groups excluding carboxylic acids is 1. The maximum Gasteiger partial charge on any atom is 0.416 e. The summed E-state index contributed by atoms with van der Waals surface area (Å²) in [6.07, 6.45) is -2.04. The largest absolute Gasteiger partial charge is 0.416 e. The van der Waals surface area contributed by atoms with Crippen molar-refractivity contribution in [3.05, 3.63) is 29.8 Å². The van der Waals surface area contributed by atoms with Crippen LogP contribution in [0.5, 0.6) is 0 Å². The minimum absolute atomic E-state index is 0.00150. The van der Waals surface area contributed by atoms with Crippen molar-refractivity contribution < 1.29 is 26.4 Å². The quantitative estimate of drug-likeness (QED) is 0.717. The highest BCUT2D eigenvalue weighted by Gasteiger charge is 2.33. The Morgan fingerprint density at radius 1 is 1.13 bits per heavy atom. The first-order valence-corrected chi connectivity index (χ1v) is 11.7. The maximum absolute atomic E-state index is 12.9. The molecule has 1 aliphatic carbocycles. The minimum Gasteiger partial charge on any atom is -0.352 e. The van der Waals surface area contributed by atoms with E-state index >= 15 is 0 Å². The average molecular weight is 449 g/mol. The average Bonchev–Trinajstić information content (AvgIpc) is 2.61. The van der Waals surface area contributed by atoms with Gasteiger partial charge in [0, 0.05) is 11.6 Å². The number of hydrogen-bond donors (Lipinski definition) is 1. The van der Waals surface area contributed by atoms with Gasteiger partial charge >= 0.3 is 6.18 Å². The Morgan fingerprint density at radius 3 is 2.27 bits per heavy atom. The summed E-state index contributed by atoms with van der Waals surface area (Å²) >= 11 is 0. The number of amides is 1. The van der Waals surface area contributed by atoms with Crippen molar-refractivity contribution in [3.8, 4) is 0 Å². The van der Waals surface area contributed by atoms with Gasteiger partial charge in [-0.1, -0.05) is 6.07 Å². The Kier molecular flexibility index (Phi) is 7.61. The van der Waals surface area contributed by atoms with Gasteiger partial charge in [0.2, 0.25) is 5.91 Å². The fourth-order valence-corrected chi connectivity index (χ4v) is 5.21. The lowest BCUT2D eigenvalue weighted by atomic mass is 9.87. The smallest absolute Gasteiger partial charge is 0.352 e. The molecule has 1 saturated carbocycles. The van der Waals surface area contributed by atoms with Crippen molar-refractivity contribution in [2.45, 2.75) is 69.1 Å². The van der Waals surface area contributed by atoms with E-state index < -0.39 is 21.6 Å². The number of nitrogens with zero attached hydrogens (tertiary/aromatic N) is 1. The Labute approximate surface area is 176 Å². The standard InChI is InChI=1S/C21H31F3N2O3S/c1-20(2,3)26(4)13-19(27)25-17-10-8-15(9-11-17)14-30(28,29)18-7-5-6-16(12-18)21(22,23)24/h5-7,12,15,17H,8-11,13-14H2,1-4H3,(H,25,27)/t15-,17-. The SMILES string of the molecule is CN(CC(=O)N[C@H]1CC[C@H](CS(=O)(=O)c2cccc(C(F)(F)F)c2)CC1)C(C)(C)C. The number of benzene rings is 1. The van der Waals surface area contributed by atoms with Crippen LogP contribution in [0.3, 0.4) is 0 Å². The predicted octanol–water partition coefficient (Wildman–Crippen LogP) is 3.88. The van der Waals surface area contributed by atoms with Crippen LogP contribution < -0.4 is 5.32 Å². The third-order valence-electron chi connectivity index (χ3n) is 5.71. The van der Waals surface area contributed by atoms with Gasteiger partial charge in [-0.2, -0.15) is 13.2 Å². The summed E-state index contributed by atoms with van der Waals surface area (Å²) < 4.78 is 63.8. The first-order chi connectivity index (χ1) is 13.7. The maximum atomic E-state index is 12.9. The molecule has 0 spiro atoms. The zero-order chi connectivity index (χ0) is 22.7. The van der Waals surface area contributed by atoms with Crippen molar-refractivity contribution in [2.75, 3.05) is 19.3 Å². The van der Waals surface area contributed by atoms with Crippen molar-refractivity contribution >= 4 is 15.7 Å². The number of sulfone groups is 1. The van der Waals surface area contributed by atoms with Gasteiger partial charge in [-0.25, -0.2) is 8.42 Å². The highest BCUT2D eigenvalue weighted by atomic mass is 32.2. The highest BCUT2D eigenvalue weighted by Crippen LogP contribution is 2.32. The van der Waals surface area contributed by atoms with Crippen LogP contribution in [0.4, 0.5) is 13.2 Å². The molecule has 5 nitrogen and oxygen atoms in total. The lowest BCUT2D eigenvalue weighted by molar-refractivity contribution is -0.137. The highest BCUT2D eigenvalue weighted by molar-refractivity contribution is 7.91. The van der Waals surface area contributed by atoms with Crippen LogP contribution in [0.2, 0.25) is 0 Å². The Balaban J connectivity index is 1.89. The number of likely N-dealkylation sites (N-methyl/N-ethyl adjacent to an activating group) is 1. The van der Waals surface area contributed by atoms with E-state index in [4.69, 9.17) is 0 Å². The number of halogens is 3. The molecule has 1 aliphatic rings. The van der Waals surface area contributed by atoms with E-state index in [1.165, 1.54) is 6.07 Å². The summed E-state index contributed by atoms with van der Waals surface area (Å²) in [6.45, 7) is 6.36. The molecule has 9 heteroatoms. The number of hydrogen-bond acceptors (Lipinski definition) is 4. The molecule has 1 N–H and O–H groups in total. The molecule has 0 aliphatic heterocycles. The molecule has 2 rings (SSSR count). The van der Waals surface area contributed by atoms with Gasteiger partial charge in [0.15, 0.2) is 9.84 Å². The molecule has 0 unspecified atom stereocenters. The molecule has 1 amide bonds. The summed E-state index contributed by atoms with van der Waals surface area (Å²) in [5.74, 6) is -0.371. The van der Waals surface area contributed by atoms with Crippen molar-refractivity contribution in [1.82, 2.24) is 10.2 Å². The lowest BCUT2D eigenvalue weighted by Crippen LogP contribution is -2.47. The molecule has 1 aromatic rings. The van der Waals surface area contributed by atoms with Gasteiger partial charge in [-0.05, 0) is 77.6 Å². The van der Waals surface area contributed by atoms with Crippen molar-refractivity contribution in [2.24, 2.45) is 5.92 Å². The van der Waals surface area contributed by atoms with Crippen LogP contribution in [0, 0.1) is 5.92 Å². The molecule has 170 valence electrons. The Bertz CT molecular complexity index is 840. The van der Waals surface area contributed by atoms with Crippen LogP contribution in [0.1, 0.15) is 52.0 Å². The molecule has 30 heavy (non-hydrogen) atoms. The van der Waals surface area contributed by atoms with E-state index in [0.717, 1.165) is 12.1 Å². The predicted molar refractivity (Wildman–Crippen MR) is 110 cm³/mol. The second kappa shape index (κ2) is 9.26. The van der Waals surface area contributed by atoms with E-state index in [9.17, 15) is 26.4 Å². The van der Waals surface area contributed by atoms with Crippen molar-refractivity contribution in [3.63, 3.8) is 0 Å². The zero-order valence-electron chi connectivity index (χ0n) is 17.9. The number of nitrogens with one attached hydrogen (secondary N) is 1. The van der Waals surface area contributed by atoms with Gasteiger partial charge in [-0.3, -0.25) is 9.69 Å². The number of carbonyl (C=O) groups is 1. The Hall–Kier alpha value is -1.61. The second-order valence-corrected chi connectivity index (χ2v) is 11.2. The van der Waals surface area contributed by atoms with Gasteiger partial charge in [-0.15, -0.1) is 0 Å². The van der Waals surface area contributed by atoms with Gasteiger partial charge in [0.25, 0.3) is 0 Å². The van der Waals surface area contributed by atoms with E-state index in [1.807, 2.05) is 32.7 Å². The third-order valence-corrected chi connectivity index (χ3v) is 7.60. The zero-order valence-corrected chi connectivity index (χ0v) is 18.7. The number of rotatable bonds is 6. The summed E-state index contributed by atoms with van der Waals surface area (Å²) in [5, 5.41) is 3.01. The molecule has 1 fully saturated rings. The van der Waals surface area contributed by atoms with Gasteiger partial charge < -0.3 is 5.32 Å². The Morgan fingerprint density at radius 2 is 1.73 bits per heavy atom. The van der Waals surface area contributed by atoms with E-state index in [2.05, 4.69) is 5.32 Å². The minimum atomic E-state index is -4.58. The normalized spacial score (nSPS) is 20.9. The molecule has 0 aromatic heterocycles. The van der Waals surface area contributed by atoms with Gasteiger partial charge in [0.1, 0.15) is 0 Å². The fourth-order valence-electron chi connectivity index (χ4n) is 3.47. The summed E-state index contributed by atoms with van der Waals surface area (Å²) in [6, 6.07) is 3.90. The topological polar surface area (TPSA) is 66.5 Å². The molecular formula is C21H31F3N2O3S. The van der Waals surface area contributed by atoms with Crippen LogP contribution in [0.15, 0.2) is 29.2 Å². The molecular weight excluding hydrogens is 417 g/mol. The first-order valence-electron chi connectivity index (χ1n) is 10.1. The van der Waals surface area contributed by atoms with Crippen LogP contribution in [0.25, 0.3) is 0 Å². The first kappa shape index (κ1) is 24.7. The van der Waals surface area contributed by atoms with Crippen LogP contribution >= 0.6 is 0 Å². The molecule has 1 aromatic carbocycles. The summed E-state index contributed by atoms with van der Waals surface area (Å²) in [5.41, 5.74) is -1.08. The molecule has 0 atom stereocenters. The molecule has 0 bridgehead atoms. The van der Waals surface area contributed by atoms with Crippen molar-refractivity contribution in [1.29, 1.82) is 0 Å². The van der Waals surface area contributed by atoms with Gasteiger partial charge in [0.05, 0.1) is 22.8 Å².